The molecule has 0 bridgehead atoms. The van der Waals surface area contributed by atoms with E-state index in [1.165, 1.54) is 11.8 Å². The molecule has 1 saturated heterocycles. The average Bonchev–Trinajstić information content (AvgIpc) is 2.94. The van der Waals surface area contributed by atoms with E-state index >= 15 is 0 Å². The molecule has 1 aromatic rings. The Labute approximate surface area is 254 Å². The summed E-state index contributed by atoms with van der Waals surface area (Å²) in [6.45, 7) is 15.2. The van der Waals surface area contributed by atoms with Crippen LogP contribution in [-0.2, 0) is 23.9 Å². The van der Waals surface area contributed by atoms with Crippen LogP contribution < -0.4 is 15.0 Å². The molecular weight excluding hydrogens is 556 g/mol. The number of benzene rings is 1. The number of hydrogen-bond acceptors (Lipinski definition) is 8. The van der Waals surface area contributed by atoms with Gasteiger partial charge in [0, 0.05) is 57.5 Å². The molecule has 2 atom stereocenters. The quantitative estimate of drug-likeness (QED) is 0.316. The van der Waals surface area contributed by atoms with Crippen LogP contribution in [0.15, 0.2) is 12.1 Å². The van der Waals surface area contributed by atoms with E-state index in [1.54, 1.807) is 49.6 Å². The molecule has 1 fully saturated rings. The van der Waals surface area contributed by atoms with Crippen LogP contribution >= 0.6 is 0 Å². The van der Waals surface area contributed by atoms with Crippen molar-refractivity contribution in [2.24, 2.45) is 0 Å². The number of rotatable bonds is 10. The van der Waals surface area contributed by atoms with Crippen LogP contribution in [0.25, 0.3) is 0 Å². The Balaban J connectivity index is 1.86. The number of hydrogen-bond donors (Lipinski definition) is 1. The van der Waals surface area contributed by atoms with Crippen molar-refractivity contribution in [3.05, 3.63) is 23.3 Å². The monoisotopic (exact) mass is 602 g/mol. The van der Waals surface area contributed by atoms with Gasteiger partial charge in [-0.2, -0.15) is 0 Å². The van der Waals surface area contributed by atoms with Crippen LogP contribution in [0.2, 0.25) is 0 Å². The maximum atomic E-state index is 14.2. The number of nitrogens with one attached hydrogen (secondary N) is 1. The number of nitrogens with zero attached hydrogens (tertiary/aromatic N) is 3. The molecule has 3 rings (SSSR count). The Hall–Kier alpha value is -3.83. The molecule has 12 heteroatoms. The zero-order valence-electron chi connectivity index (χ0n) is 26.7. The summed E-state index contributed by atoms with van der Waals surface area (Å²) in [6, 6.07) is 2.99. The second-order valence-corrected chi connectivity index (χ2v) is 11.8. The Morgan fingerprint density at radius 2 is 1.81 bits per heavy atom. The standard InChI is InChI=1S/C31H46N4O8/c1-9-26(36)32-13-15-34-24-17-23(20(5)16-25(24)43-31(7,8)29(34)39)28(38)35(19(3)4)22-12-11-14-33(18-22)30(40)42-21(6)41-27(37)10-2/h16-17,19,21-22H,9-15,18H2,1-8H3,(H,32,36)/t21-,22-/m1/s1. The number of anilines is 1. The van der Waals surface area contributed by atoms with Crippen LogP contribution in [0, 0.1) is 6.92 Å². The highest BCUT2D eigenvalue weighted by Gasteiger charge is 2.42. The molecule has 12 nitrogen and oxygen atoms in total. The number of carbonyl (C=O) groups is 5. The van der Waals surface area contributed by atoms with Gasteiger partial charge in [0.25, 0.3) is 11.8 Å². The Bertz CT molecular complexity index is 1230. The molecule has 0 saturated carbocycles. The van der Waals surface area contributed by atoms with Gasteiger partial charge in [0.1, 0.15) is 5.75 Å². The van der Waals surface area contributed by atoms with Gasteiger partial charge in [0.2, 0.25) is 12.2 Å². The minimum atomic E-state index is -1.11. The molecule has 1 N–H and O–H groups in total. The van der Waals surface area contributed by atoms with E-state index in [0.717, 1.165) is 0 Å². The number of fused-ring (bicyclic) bond motifs is 1. The molecule has 0 spiro atoms. The van der Waals surface area contributed by atoms with E-state index in [-0.39, 0.29) is 55.9 Å². The van der Waals surface area contributed by atoms with Crippen LogP contribution in [0.3, 0.4) is 0 Å². The second-order valence-electron chi connectivity index (χ2n) is 11.8. The third-order valence-corrected chi connectivity index (χ3v) is 7.62. The molecule has 0 aromatic heterocycles. The van der Waals surface area contributed by atoms with Crippen molar-refractivity contribution >= 4 is 35.5 Å². The Morgan fingerprint density at radius 1 is 1.12 bits per heavy atom. The fourth-order valence-electron chi connectivity index (χ4n) is 5.42. The third kappa shape index (κ3) is 7.97. The van der Waals surface area contributed by atoms with E-state index in [1.807, 2.05) is 20.8 Å². The van der Waals surface area contributed by atoms with Gasteiger partial charge in [0.05, 0.1) is 11.7 Å². The highest BCUT2D eigenvalue weighted by Crippen LogP contribution is 2.40. The lowest BCUT2D eigenvalue weighted by Crippen LogP contribution is -2.55. The minimum Gasteiger partial charge on any atom is -0.476 e. The second kappa shape index (κ2) is 14.1. The molecule has 2 aliphatic heterocycles. The Kier molecular flexibility index (Phi) is 11.0. The van der Waals surface area contributed by atoms with Crippen LogP contribution in [0.1, 0.15) is 90.1 Å². The predicted octanol–water partition coefficient (Wildman–Crippen LogP) is 3.78. The summed E-state index contributed by atoms with van der Waals surface area (Å²) >= 11 is 0. The van der Waals surface area contributed by atoms with Crippen LogP contribution in [0.4, 0.5) is 10.5 Å². The number of esters is 1. The van der Waals surface area contributed by atoms with Gasteiger partial charge in [-0.3, -0.25) is 19.2 Å². The number of carbonyl (C=O) groups excluding carboxylic acids is 5. The van der Waals surface area contributed by atoms with Gasteiger partial charge in [-0.1, -0.05) is 13.8 Å². The van der Waals surface area contributed by atoms with Crippen molar-refractivity contribution in [1.29, 1.82) is 0 Å². The number of piperidine rings is 1. The fraction of sp³-hybridized carbons (Fsp3) is 0.645. The van der Waals surface area contributed by atoms with Gasteiger partial charge < -0.3 is 34.2 Å². The van der Waals surface area contributed by atoms with Crippen LogP contribution in [-0.4, -0.2) is 89.7 Å². The fourth-order valence-corrected chi connectivity index (χ4v) is 5.42. The number of ether oxygens (including phenoxy) is 3. The summed E-state index contributed by atoms with van der Waals surface area (Å²) in [5.41, 5.74) is 0.469. The van der Waals surface area contributed by atoms with E-state index in [0.29, 0.717) is 48.4 Å². The van der Waals surface area contributed by atoms with Crippen LogP contribution in [0.5, 0.6) is 5.75 Å². The molecule has 2 heterocycles. The molecular formula is C31H46N4O8. The topological polar surface area (TPSA) is 135 Å². The molecule has 0 unspecified atom stereocenters. The molecule has 2 aliphatic rings. The largest absolute Gasteiger partial charge is 0.476 e. The van der Waals surface area contributed by atoms with Crippen molar-refractivity contribution in [3.8, 4) is 5.75 Å². The van der Waals surface area contributed by atoms with Gasteiger partial charge >= 0.3 is 12.1 Å². The lowest BCUT2D eigenvalue weighted by atomic mass is 9.97. The lowest BCUT2D eigenvalue weighted by molar-refractivity contribution is -0.166. The first-order chi connectivity index (χ1) is 20.2. The molecule has 0 radical (unpaired) electrons. The first kappa shape index (κ1) is 33.7. The molecule has 238 valence electrons. The SMILES string of the molecule is CCC(=O)NCCN1C(=O)C(C)(C)Oc2cc(C)c(C(=O)N(C(C)C)[C@@H]3CCCN(C(=O)O[C@H](C)OC(=O)CC)C3)cc21. The number of aryl methyl sites for hydroxylation is 1. The summed E-state index contributed by atoms with van der Waals surface area (Å²) in [4.78, 5) is 68.7. The average molecular weight is 603 g/mol. The zero-order valence-corrected chi connectivity index (χ0v) is 26.7. The summed E-state index contributed by atoms with van der Waals surface area (Å²) in [5, 5.41) is 2.80. The van der Waals surface area contributed by atoms with E-state index in [2.05, 4.69) is 5.32 Å². The van der Waals surface area contributed by atoms with Crippen molar-refractivity contribution in [2.75, 3.05) is 31.1 Å². The summed E-state index contributed by atoms with van der Waals surface area (Å²) < 4.78 is 16.5. The van der Waals surface area contributed by atoms with Crippen molar-refractivity contribution in [2.45, 2.75) is 105 Å². The lowest BCUT2D eigenvalue weighted by Gasteiger charge is -2.42. The molecule has 1 aromatic carbocycles. The predicted molar refractivity (Wildman–Crippen MR) is 160 cm³/mol. The first-order valence-corrected chi connectivity index (χ1v) is 15.1. The van der Waals surface area contributed by atoms with Gasteiger partial charge in [-0.25, -0.2) is 4.79 Å². The number of likely N-dealkylation sites (tertiary alicyclic amines) is 1. The van der Waals surface area contributed by atoms with Gasteiger partial charge in [0.15, 0.2) is 5.60 Å². The molecule has 0 aliphatic carbocycles. The zero-order chi connectivity index (χ0) is 32.1. The van der Waals surface area contributed by atoms with Gasteiger partial charge in [-0.05, 0) is 65.2 Å². The normalized spacial score (nSPS) is 18.3. The van der Waals surface area contributed by atoms with Crippen molar-refractivity contribution in [1.82, 2.24) is 15.1 Å². The minimum absolute atomic E-state index is 0.116. The van der Waals surface area contributed by atoms with E-state index < -0.39 is 24.0 Å². The van der Waals surface area contributed by atoms with E-state index in [9.17, 15) is 24.0 Å². The van der Waals surface area contributed by atoms with Gasteiger partial charge in [-0.15, -0.1) is 0 Å². The Morgan fingerprint density at radius 3 is 2.44 bits per heavy atom. The first-order valence-electron chi connectivity index (χ1n) is 15.1. The maximum absolute atomic E-state index is 14.2. The molecule has 43 heavy (non-hydrogen) atoms. The highest BCUT2D eigenvalue weighted by atomic mass is 16.7. The highest BCUT2D eigenvalue weighted by molar-refractivity contribution is 6.05. The summed E-state index contributed by atoms with van der Waals surface area (Å²) in [5.74, 6) is -0.588. The summed E-state index contributed by atoms with van der Waals surface area (Å²) in [6.07, 6.45) is 0.241. The third-order valence-electron chi connectivity index (χ3n) is 7.62. The number of amides is 4. The smallest absolute Gasteiger partial charge is 0.412 e. The van der Waals surface area contributed by atoms with Crippen molar-refractivity contribution in [3.63, 3.8) is 0 Å². The van der Waals surface area contributed by atoms with Crippen molar-refractivity contribution < 1.29 is 38.2 Å². The maximum Gasteiger partial charge on any atom is 0.412 e. The molecule has 4 amide bonds. The van der Waals surface area contributed by atoms with E-state index in [4.69, 9.17) is 14.2 Å². The summed E-state index contributed by atoms with van der Waals surface area (Å²) in [7, 11) is 0.